The van der Waals surface area contributed by atoms with E-state index < -0.39 is 17.8 Å². The molecule has 1 unspecified atom stereocenters. The maximum absolute atomic E-state index is 11.5. The highest BCUT2D eigenvalue weighted by atomic mass is 16.4. The first-order chi connectivity index (χ1) is 7.18. The molecule has 0 spiro atoms. The molecule has 2 rings (SSSR count). The van der Waals surface area contributed by atoms with Gasteiger partial charge in [0.15, 0.2) is 0 Å². The van der Waals surface area contributed by atoms with E-state index in [1.54, 1.807) is 6.07 Å². The highest BCUT2D eigenvalue weighted by molar-refractivity contribution is 6.05. The van der Waals surface area contributed by atoms with Gasteiger partial charge in [-0.05, 0) is 24.5 Å². The Balaban J connectivity index is 0.00000128. The molecule has 1 atom stereocenters. The first-order valence-corrected chi connectivity index (χ1v) is 4.80. The second-order valence-electron chi connectivity index (χ2n) is 3.58. The Morgan fingerprint density at radius 2 is 2.06 bits per heavy atom. The number of para-hydroxylation sites is 1. The van der Waals surface area contributed by atoms with E-state index in [0.717, 1.165) is 11.3 Å². The lowest BCUT2D eigenvalue weighted by atomic mass is 10.0. The molecule has 1 aliphatic heterocycles. The number of carboxylic acid groups (broad SMARTS) is 1. The van der Waals surface area contributed by atoms with Gasteiger partial charge < -0.3 is 10.4 Å². The minimum Gasteiger partial charge on any atom is -0.481 e. The fourth-order valence-corrected chi connectivity index (χ4v) is 1.75. The molecule has 1 aromatic rings. The number of benzene rings is 1. The minimum absolute atomic E-state index is 0. The van der Waals surface area contributed by atoms with Crippen LogP contribution in [0.1, 0.15) is 19.4 Å². The van der Waals surface area contributed by atoms with E-state index in [1.807, 2.05) is 18.2 Å². The lowest BCUT2D eigenvalue weighted by molar-refractivity contribution is -0.145. The largest absolute Gasteiger partial charge is 0.481 e. The Bertz CT molecular complexity index is 414. The zero-order chi connectivity index (χ0) is 10.8. The van der Waals surface area contributed by atoms with Crippen LogP contribution >= 0.6 is 0 Å². The zero-order valence-electron chi connectivity index (χ0n) is 8.06. The topological polar surface area (TPSA) is 66.4 Å². The van der Waals surface area contributed by atoms with Gasteiger partial charge in [0.05, 0.1) is 0 Å². The van der Waals surface area contributed by atoms with Crippen LogP contribution in [0.4, 0.5) is 5.69 Å². The molecule has 86 valence electrons. The second kappa shape index (κ2) is 4.79. The first-order valence-electron chi connectivity index (χ1n) is 4.80. The molecule has 0 bridgehead atoms. The number of carbonyl (C=O) groups excluding carboxylic acids is 1. The molecule has 1 amide bonds. The number of hydrogen-bond donors (Lipinski definition) is 2. The summed E-state index contributed by atoms with van der Waals surface area (Å²) in [5.41, 5.74) is 1.72. The third-order valence-electron chi connectivity index (χ3n) is 2.59. The molecule has 2 N–H and O–H groups in total. The number of nitrogens with one attached hydrogen (secondary N) is 1. The number of aliphatic carboxylic acids is 1. The van der Waals surface area contributed by atoms with Gasteiger partial charge in [0.1, 0.15) is 5.92 Å². The van der Waals surface area contributed by atoms with Crippen LogP contribution in [0.25, 0.3) is 0 Å². The molecule has 0 saturated heterocycles. The van der Waals surface area contributed by atoms with E-state index in [9.17, 15) is 9.59 Å². The zero-order valence-corrected chi connectivity index (χ0v) is 8.06. The van der Waals surface area contributed by atoms with Crippen molar-refractivity contribution in [1.29, 1.82) is 0 Å². The van der Waals surface area contributed by atoms with Crippen LogP contribution in [0, 0.1) is 5.92 Å². The summed E-state index contributed by atoms with van der Waals surface area (Å²) in [6, 6.07) is 7.39. The molecule has 0 radical (unpaired) electrons. The average Bonchev–Trinajstić information content (AvgIpc) is 2.35. The smallest absolute Gasteiger partial charge is 0.316 e. The molecule has 0 aliphatic carbocycles. The van der Waals surface area contributed by atoms with Gasteiger partial charge in [-0.15, -0.1) is 0 Å². The van der Waals surface area contributed by atoms with E-state index in [4.69, 9.17) is 5.11 Å². The number of rotatable bonds is 1. The number of fused-ring (bicyclic) bond motifs is 1. The average molecular weight is 221 g/mol. The van der Waals surface area contributed by atoms with Crippen molar-refractivity contribution >= 4 is 17.6 Å². The summed E-state index contributed by atoms with van der Waals surface area (Å²) in [6.45, 7) is 0. The molecule has 1 heterocycles. The lowest BCUT2D eigenvalue weighted by Crippen LogP contribution is -2.28. The fraction of sp³-hybridized carbons (Fsp3) is 0.333. The summed E-state index contributed by atoms with van der Waals surface area (Å²) in [7, 11) is 0. The van der Waals surface area contributed by atoms with E-state index in [0.29, 0.717) is 12.8 Å². The lowest BCUT2D eigenvalue weighted by Gasteiger charge is -2.07. The van der Waals surface area contributed by atoms with Crippen LogP contribution in [0.2, 0.25) is 0 Å². The summed E-state index contributed by atoms with van der Waals surface area (Å²) in [4.78, 5) is 22.3. The minimum atomic E-state index is -1.06. The van der Waals surface area contributed by atoms with Crippen molar-refractivity contribution in [3.05, 3.63) is 29.8 Å². The molecule has 16 heavy (non-hydrogen) atoms. The van der Waals surface area contributed by atoms with Gasteiger partial charge in [-0.1, -0.05) is 25.6 Å². The predicted octanol–water partition coefficient (Wildman–Crippen LogP) is 1.91. The van der Waals surface area contributed by atoms with Crippen LogP contribution in [0.5, 0.6) is 0 Å². The van der Waals surface area contributed by atoms with Gasteiger partial charge in [-0.2, -0.15) is 0 Å². The van der Waals surface area contributed by atoms with Gasteiger partial charge in [0.2, 0.25) is 5.91 Å². The van der Waals surface area contributed by atoms with E-state index in [1.165, 1.54) is 0 Å². The van der Waals surface area contributed by atoms with Crippen molar-refractivity contribution in [2.24, 2.45) is 5.92 Å². The third-order valence-corrected chi connectivity index (χ3v) is 2.59. The SMILES string of the molecule is C.O=C(O)C1CCc2ccccc2NC1=O. The Labute approximate surface area is 94.3 Å². The quantitative estimate of drug-likeness (QED) is 0.712. The number of hydrogen-bond acceptors (Lipinski definition) is 2. The van der Waals surface area contributed by atoms with E-state index in [-0.39, 0.29) is 7.43 Å². The Morgan fingerprint density at radius 1 is 1.38 bits per heavy atom. The van der Waals surface area contributed by atoms with Gasteiger partial charge in [-0.3, -0.25) is 9.59 Å². The van der Waals surface area contributed by atoms with Crippen LogP contribution in [0.15, 0.2) is 24.3 Å². The first kappa shape index (κ1) is 12.2. The maximum Gasteiger partial charge on any atom is 0.316 e. The molecule has 1 aromatic carbocycles. The summed E-state index contributed by atoms with van der Waals surface area (Å²) in [5.74, 6) is -2.41. The fourth-order valence-electron chi connectivity index (χ4n) is 1.75. The van der Waals surface area contributed by atoms with Crippen molar-refractivity contribution in [2.45, 2.75) is 20.3 Å². The summed E-state index contributed by atoms with van der Waals surface area (Å²) < 4.78 is 0. The number of aryl methyl sites for hydroxylation is 1. The van der Waals surface area contributed by atoms with Gasteiger partial charge in [-0.25, -0.2) is 0 Å². The molecule has 1 aliphatic rings. The molecule has 4 nitrogen and oxygen atoms in total. The monoisotopic (exact) mass is 221 g/mol. The van der Waals surface area contributed by atoms with E-state index in [2.05, 4.69) is 5.32 Å². The summed E-state index contributed by atoms with van der Waals surface area (Å²) in [5, 5.41) is 11.5. The van der Waals surface area contributed by atoms with E-state index >= 15 is 0 Å². The normalized spacial score (nSPS) is 18.8. The van der Waals surface area contributed by atoms with Crippen molar-refractivity contribution < 1.29 is 14.7 Å². The second-order valence-corrected chi connectivity index (χ2v) is 3.58. The maximum atomic E-state index is 11.5. The number of amides is 1. The van der Waals surface area contributed by atoms with Crippen LogP contribution < -0.4 is 5.32 Å². The number of carbonyl (C=O) groups is 2. The Hall–Kier alpha value is -1.84. The third kappa shape index (κ3) is 2.21. The van der Waals surface area contributed by atoms with Gasteiger partial charge in [0, 0.05) is 5.69 Å². The predicted molar refractivity (Wildman–Crippen MR) is 61.2 cm³/mol. The Morgan fingerprint density at radius 3 is 2.75 bits per heavy atom. The molecule has 0 aromatic heterocycles. The van der Waals surface area contributed by atoms with Crippen molar-refractivity contribution in [3.63, 3.8) is 0 Å². The van der Waals surface area contributed by atoms with Crippen LogP contribution in [-0.4, -0.2) is 17.0 Å². The van der Waals surface area contributed by atoms with Gasteiger partial charge in [0.25, 0.3) is 0 Å². The van der Waals surface area contributed by atoms with Crippen LogP contribution in [0.3, 0.4) is 0 Å². The number of anilines is 1. The van der Waals surface area contributed by atoms with Crippen molar-refractivity contribution in [2.75, 3.05) is 5.32 Å². The molecular formula is C12H15NO3. The molecule has 0 fully saturated rings. The van der Waals surface area contributed by atoms with Crippen molar-refractivity contribution in [1.82, 2.24) is 0 Å². The molecule has 0 saturated carbocycles. The highest BCUT2D eigenvalue weighted by Crippen LogP contribution is 2.24. The highest BCUT2D eigenvalue weighted by Gasteiger charge is 2.29. The number of carboxylic acids is 1. The molecule has 4 heteroatoms. The Kier molecular flexibility index (Phi) is 3.66. The molecular weight excluding hydrogens is 206 g/mol. The van der Waals surface area contributed by atoms with Crippen LogP contribution in [-0.2, 0) is 16.0 Å². The van der Waals surface area contributed by atoms with Gasteiger partial charge >= 0.3 is 5.97 Å². The summed E-state index contributed by atoms with van der Waals surface area (Å²) in [6.07, 6.45) is 0.976. The standard InChI is InChI=1S/C11H11NO3.CH4/c13-10-8(11(14)15)6-5-7-3-1-2-4-9(7)12-10;/h1-4,8H,5-6H2,(H,12,13)(H,14,15);1H4. The van der Waals surface area contributed by atoms with Crippen molar-refractivity contribution in [3.8, 4) is 0 Å². The summed E-state index contributed by atoms with van der Waals surface area (Å²) >= 11 is 0.